The monoisotopic (exact) mass is 243 g/mol. The summed E-state index contributed by atoms with van der Waals surface area (Å²) in [4.78, 5) is 7.76. The minimum absolute atomic E-state index is 0.447. The summed E-state index contributed by atoms with van der Waals surface area (Å²) < 4.78 is 1.29. The number of aryl methyl sites for hydroxylation is 1. The van der Waals surface area contributed by atoms with E-state index in [1.54, 1.807) is 11.3 Å². The maximum absolute atomic E-state index is 5.61. The van der Waals surface area contributed by atoms with E-state index in [1.165, 1.54) is 15.6 Å². The van der Waals surface area contributed by atoms with Crippen LogP contribution in [0.2, 0.25) is 0 Å². The number of hydrogen-bond acceptors (Lipinski definition) is 3. The van der Waals surface area contributed by atoms with Crippen molar-refractivity contribution in [1.29, 1.82) is 0 Å². The van der Waals surface area contributed by atoms with Gasteiger partial charge in [-0.25, -0.2) is 4.98 Å². The van der Waals surface area contributed by atoms with Gasteiger partial charge in [-0.1, -0.05) is 18.2 Å². The number of nitrogens with one attached hydrogen (secondary N) is 1. The van der Waals surface area contributed by atoms with Gasteiger partial charge in [0.1, 0.15) is 5.82 Å². The molecule has 4 heteroatoms. The molecule has 0 aliphatic rings. The number of nitrogens with two attached hydrogens (primary N) is 1. The lowest BCUT2D eigenvalue weighted by Gasteiger charge is -1.96. The fourth-order valence-electron chi connectivity index (χ4n) is 2.04. The number of aromatic amines is 1. The van der Waals surface area contributed by atoms with Crippen LogP contribution in [0.1, 0.15) is 11.5 Å². The summed E-state index contributed by atoms with van der Waals surface area (Å²) in [5.41, 5.74) is 8.89. The van der Waals surface area contributed by atoms with Crippen LogP contribution in [0.3, 0.4) is 0 Å². The first-order valence-electron chi connectivity index (χ1n) is 5.51. The summed E-state index contributed by atoms with van der Waals surface area (Å²) >= 11 is 1.75. The summed E-state index contributed by atoms with van der Waals surface area (Å²) in [5.74, 6) is 0.841. The molecule has 3 nitrogen and oxygen atoms in total. The molecule has 0 aliphatic heterocycles. The molecular formula is C13H13N3S. The summed E-state index contributed by atoms with van der Waals surface area (Å²) in [6.07, 6.45) is 0. The summed E-state index contributed by atoms with van der Waals surface area (Å²) in [6, 6.07) is 8.39. The lowest BCUT2D eigenvalue weighted by molar-refractivity contribution is 0.944. The van der Waals surface area contributed by atoms with Gasteiger partial charge in [0.05, 0.1) is 12.2 Å². The molecule has 0 fully saturated rings. The molecule has 1 aromatic carbocycles. The van der Waals surface area contributed by atoms with Gasteiger partial charge in [0, 0.05) is 26.7 Å². The Morgan fingerprint density at radius 3 is 2.94 bits per heavy atom. The van der Waals surface area contributed by atoms with E-state index in [9.17, 15) is 0 Å². The molecule has 0 radical (unpaired) electrons. The van der Waals surface area contributed by atoms with Crippen LogP contribution in [-0.2, 0) is 6.54 Å². The van der Waals surface area contributed by atoms with E-state index in [4.69, 9.17) is 5.73 Å². The van der Waals surface area contributed by atoms with Gasteiger partial charge in [-0.3, -0.25) is 0 Å². The first-order valence-corrected chi connectivity index (χ1v) is 6.39. The first kappa shape index (κ1) is 10.5. The third kappa shape index (κ3) is 1.66. The van der Waals surface area contributed by atoms with Gasteiger partial charge < -0.3 is 10.7 Å². The largest absolute Gasteiger partial charge is 0.344 e. The van der Waals surface area contributed by atoms with Crippen molar-refractivity contribution in [1.82, 2.24) is 9.97 Å². The lowest BCUT2D eigenvalue weighted by Crippen LogP contribution is -1.97. The Hall–Kier alpha value is -1.65. The number of thiophene rings is 1. The van der Waals surface area contributed by atoms with Crippen LogP contribution in [0.4, 0.5) is 0 Å². The second kappa shape index (κ2) is 3.98. The van der Waals surface area contributed by atoms with Gasteiger partial charge >= 0.3 is 0 Å². The molecule has 0 saturated heterocycles. The maximum atomic E-state index is 5.61. The highest BCUT2D eigenvalue weighted by atomic mass is 32.1. The molecule has 17 heavy (non-hydrogen) atoms. The number of H-pyrrole nitrogens is 1. The van der Waals surface area contributed by atoms with E-state index < -0.39 is 0 Å². The number of aromatic nitrogens is 2. The predicted molar refractivity (Wildman–Crippen MR) is 72.0 cm³/mol. The normalized spacial score (nSPS) is 11.2. The molecule has 0 unspecified atom stereocenters. The van der Waals surface area contributed by atoms with Crippen molar-refractivity contribution in [2.45, 2.75) is 13.5 Å². The quantitative estimate of drug-likeness (QED) is 0.726. The Balaban J connectivity index is 2.23. The fourth-order valence-corrected chi connectivity index (χ4v) is 2.99. The average Bonchev–Trinajstić information content (AvgIpc) is 2.92. The second-order valence-corrected chi connectivity index (χ2v) is 4.92. The molecule has 3 rings (SSSR count). The highest BCUT2D eigenvalue weighted by Crippen LogP contribution is 2.34. The van der Waals surface area contributed by atoms with E-state index in [0.29, 0.717) is 6.54 Å². The Bertz CT molecular complexity index is 666. The molecule has 3 N–H and O–H groups in total. The number of hydrogen-bond donors (Lipinski definition) is 2. The molecular weight excluding hydrogens is 230 g/mol. The Morgan fingerprint density at radius 1 is 1.35 bits per heavy atom. The molecule has 2 aromatic heterocycles. The number of imidazole rings is 1. The van der Waals surface area contributed by atoms with Gasteiger partial charge in [-0.05, 0) is 13.0 Å². The minimum atomic E-state index is 0.447. The van der Waals surface area contributed by atoms with Crippen molar-refractivity contribution in [3.63, 3.8) is 0 Å². The maximum Gasteiger partial charge on any atom is 0.120 e. The fraction of sp³-hybridized carbons (Fsp3) is 0.154. The summed E-state index contributed by atoms with van der Waals surface area (Å²) in [5, 5.41) is 3.42. The Kier molecular flexibility index (Phi) is 2.46. The van der Waals surface area contributed by atoms with E-state index >= 15 is 0 Å². The molecule has 0 saturated carbocycles. The lowest BCUT2D eigenvalue weighted by atomic mass is 10.1. The van der Waals surface area contributed by atoms with Gasteiger partial charge in [0.25, 0.3) is 0 Å². The van der Waals surface area contributed by atoms with E-state index in [0.717, 1.165) is 17.2 Å². The van der Waals surface area contributed by atoms with Crippen molar-refractivity contribution < 1.29 is 0 Å². The Labute approximate surface area is 103 Å². The third-order valence-electron chi connectivity index (χ3n) is 2.86. The van der Waals surface area contributed by atoms with Crippen LogP contribution in [0, 0.1) is 6.92 Å². The molecule has 0 aliphatic carbocycles. The minimum Gasteiger partial charge on any atom is -0.344 e. The molecule has 0 amide bonds. The highest BCUT2D eigenvalue weighted by molar-refractivity contribution is 7.17. The number of rotatable bonds is 2. The van der Waals surface area contributed by atoms with Crippen molar-refractivity contribution in [3.05, 3.63) is 41.2 Å². The smallest absolute Gasteiger partial charge is 0.120 e. The molecule has 0 bridgehead atoms. The van der Waals surface area contributed by atoms with Crippen molar-refractivity contribution in [2.24, 2.45) is 5.73 Å². The third-order valence-corrected chi connectivity index (χ3v) is 3.83. The van der Waals surface area contributed by atoms with Gasteiger partial charge in [-0.2, -0.15) is 0 Å². The zero-order chi connectivity index (χ0) is 11.8. The van der Waals surface area contributed by atoms with Gasteiger partial charge in [0.15, 0.2) is 0 Å². The van der Waals surface area contributed by atoms with Gasteiger partial charge in [-0.15, -0.1) is 11.3 Å². The van der Waals surface area contributed by atoms with Crippen LogP contribution in [-0.4, -0.2) is 9.97 Å². The Morgan fingerprint density at radius 2 is 2.18 bits per heavy atom. The van der Waals surface area contributed by atoms with Crippen LogP contribution in [0.15, 0.2) is 29.6 Å². The SMILES string of the molecule is Cc1[nH]c(CN)nc1-c1csc2ccccc12. The van der Waals surface area contributed by atoms with E-state index in [1.807, 2.05) is 6.92 Å². The van der Waals surface area contributed by atoms with Gasteiger partial charge in [0.2, 0.25) is 0 Å². The topological polar surface area (TPSA) is 54.7 Å². The summed E-state index contributed by atoms with van der Waals surface area (Å²) in [6.45, 7) is 2.48. The summed E-state index contributed by atoms with van der Waals surface area (Å²) in [7, 11) is 0. The average molecular weight is 243 g/mol. The molecule has 0 atom stereocenters. The second-order valence-electron chi connectivity index (χ2n) is 4.01. The van der Waals surface area contributed by atoms with Crippen molar-refractivity contribution >= 4 is 21.4 Å². The standard InChI is InChI=1S/C13H13N3S/c1-8-13(16-12(6-14)15-8)10-7-17-11-5-3-2-4-9(10)11/h2-5,7H,6,14H2,1H3,(H,15,16). The van der Waals surface area contributed by atoms with Crippen LogP contribution < -0.4 is 5.73 Å². The molecule has 86 valence electrons. The zero-order valence-electron chi connectivity index (χ0n) is 9.53. The molecule has 2 heterocycles. The van der Waals surface area contributed by atoms with Crippen LogP contribution >= 0.6 is 11.3 Å². The number of nitrogens with zero attached hydrogens (tertiary/aromatic N) is 1. The predicted octanol–water partition coefficient (Wildman–Crippen LogP) is 3.06. The van der Waals surface area contributed by atoms with E-state index in [2.05, 4.69) is 39.6 Å². The zero-order valence-corrected chi connectivity index (χ0v) is 10.3. The van der Waals surface area contributed by atoms with Crippen LogP contribution in [0.25, 0.3) is 21.3 Å². The van der Waals surface area contributed by atoms with Crippen LogP contribution in [0.5, 0.6) is 0 Å². The highest BCUT2D eigenvalue weighted by Gasteiger charge is 2.12. The number of fused-ring (bicyclic) bond motifs is 1. The molecule has 0 spiro atoms. The van der Waals surface area contributed by atoms with E-state index in [-0.39, 0.29) is 0 Å². The molecule has 3 aromatic rings. The first-order chi connectivity index (χ1) is 8.29. The van der Waals surface area contributed by atoms with Crippen molar-refractivity contribution in [3.8, 4) is 11.3 Å². The van der Waals surface area contributed by atoms with Crippen molar-refractivity contribution in [2.75, 3.05) is 0 Å². The number of benzene rings is 1.